The molecule has 0 aromatic carbocycles. The number of rotatable bonds is 39. The minimum absolute atomic E-state index is 0.222. The molecule has 0 saturated carbocycles. The average Bonchev–Trinajstić information content (AvgIpc) is 3.12. The number of unbranched alkanes of at least 4 members (excludes halogenated alkanes) is 24. The molecule has 0 spiro atoms. The molecule has 2 atom stereocenters. The Kier molecular flexibility index (Phi) is 37.2. The van der Waals surface area contributed by atoms with E-state index in [-0.39, 0.29) is 19.0 Å². The molecule has 51 heavy (non-hydrogen) atoms. The summed E-state index contributed by atoms with van der Waals surface area (Å²) in [4.78, 5) is 34.3. The number of phosphoric acid groups is 1. The van der Waals surface area contributed by atoms with Gasteiger partial charge in [0.1, 0.15) is 6.61 Å². The molecule has 0 aromatic heterocycles. The molecule has 0 aliphatic rings. The monoisotopic (exact) mass is 743 g/mol. The van der Waals surface area contributed by atoms with Crippen molar-refractivity contribution in [1.29, 1.82) is 0 Å². The highest BCUT2D eigenvalue weighted by Gasteiger charge is 2.24. The summed E-state index contributed by atoms with van der Waals surface area (Å²) in [6.07, 6.45) is 42.4. The SMILES string of the molecule is CCCCCCC/C=C\C/C=C\CCCCCCCCCCCCCC(=O)OC(COC(=O)CCCCCCCCCCC)COP(=O)(O)OC. The maximum Gasteiger partial charge on any atom is 0.472 e. The topological polar surface area (TPSA) is 108 Å². The van der Waals surface area contributed by atoms with Crippen molar-refractivity contribution in [2.75, 3.05) is 20.3 Å². The van der Waals surface area contributed by atoms with Gasteiger partial charge in [0.05, 0.1) is 6.61 Å². The van der Waals surface area contributed by atoms with Crippen LogP contribution in [-0.4, -0.2) is 43.3 Å². The number of ether oxygens (including phenoxy) is 2. The highest BCUT2D eigenvalue weighted by molar-refractivity contribution is 7.47. The molecule has 0 aromatic rings. The van der Waals surface area contributed by atoms with Crippen LogP contribution in [0, 0.1) is 0 Å². The molecule has 0 amide bonds. The zero-order valence-corrected chi connectivity index (χ0v) is 34.2. The lowest BCUT2D eigenvalue weighted by Gasteiger charge is -2.19. The van der Waals surface area contributed by atoms with E-state index in [9.17, 15) is 19.0 Å². The minimum Gasteiger partial charge on any atom is -0.462 e. The highest BCUT2D eigenvalue weighted by Crippen LogP contribution is 2.42. The Morgan fingerprint density at radius 2 is 0.941 bits per heavy atom. The molecule has 0 heterocycles. The normalized spacial score (nSPS) is 13.6. The summed E-state index contributed by atoms with van der Waals surface area (Å²) in [6, 6.07) is 0. The van der Waals surface area contributed by atoms with Gasteiger partial charge in [-0.3, -0.25) is 18.6 Å². The molecule has 0 radical (unpaired) electrons. The molecule has 0 fully saturated rings. The van der Waals surface area contributed by atoms with Gasteiger partial charge in [0.2, 0.25) is 0 Å². The van der Waals surface area contributed by atoms with Crippen molar-refractivity contribution in [1.82, 2.24) is 0 Å². The van der Waals surface area contributed by atoms with Gasteiger partial charge >= 0.3 is 19.8 Å². The molecular formula is C42H79O8P. The van der Waals surface area contributed by atoms with E-state index in [1.807, 2.05) is 0 Å². The van der Waals surface area contributed by atoms with E-state index in [2.05, 4.69) is 42.7 Å². The first-order valence-corrected chi connectivity index (χ1v) is 22.5. The standard InChI is InChI=1S/C42H79O8P/c1-4-6-8-10-12-14-15-16-17-18-19-20-21-22-23-24-25-26-27-29-31-33-35-37-42(44)50-40(39-49-51(45,46)47-3)38-48-41(43)36-34-32-30-28-13-11-9-7-5-2/h15-16,18-19,40H,4-14,17,20-39H2,1-3H3,(H,45,46)/b16-15-,19-18-. The van der Waals surface area contributed by atoms with Crippen LogP contribution in [0.2, 0.25) is 0 Å². The summed E-state index contributed by atoms with van der Waals surface area (Å²) in [5, 5.41) is 0. The van der Waals surface area contributed by atoms with Crippen LogP contribution in [0.5, 0.6) is 0 Å². The Balaban J connectivity index is 3.90. The molecular weight excluding hydrogens is 663 g/mol. The lowest BCUT2D eigenvalue weighted by atomic mass is 10.0. The lowest BCUT2D eigenvalue weighted by Crippen LogP contribution is -2.29. The lowest BCUT2D eigenvalue weighted by molar-refractivity contribution is -0.161. The van der Waals surface area contributed by atoms with Crippen molar-refractivity contribution in [2.45, 2.75) is 213 Å². The Hall–Kier alpha value is -1.47. The van der Waals surface area contributed by atoms with Gasteiger partial charge in [0, 0.05) is 20.0 Å². The number of hydrogen-bond acceptors (Lipinski definition) is 7. The highest BCUT2D eigenvalue weighted by atomic mass is 31.2. The van der Waals surface area contributed by atoms with Crippen LogP contribution in [0.4, 0.5) is 0 Å². The van der Waals surface area contributed by atoms with Crippen LogP contribution < -0.4 is 0 Å². The molecule has 0 aliphatic carbocycles. The number of carbonyl (C=O) groups excluding carboxylic acids is 2. The van der Waals surface area contributed by atoms with Gasteiger partial charge in [-0.1, -0.05) is 173 Å². The fraction of sp³-hybridized carbons (Fsp3) is 0.857. The maximum atomic E-state index is 12.5. The van der Waals surface area contributed by atoms with Crippen LogP contribution in [0.25, 0.3) is 0 Å². The summed E-state index contributed by atoms with van der Waals surface area (Å²) < 4.78 is 31.9. The third-order valence-corrected chi connectivity index (χ3v) is 10.1. The zero-order chi connectivity index (χ0) is 37.5. The second-order valence-corrected chi connectivity index (χ2v) is 15.7. The molecule has 0 bridgehead atoms. The van der Waals surface area contributed by atoms with Crippen molar-refractivity contribution in [3.63, 3.8) is 0 Å². The maximum absolute atomic E-state index is 12.5. The summed E-state index contributed by atoms with van der Waals surface area (Å²) >= 11 is 0. The third kappa shape index (κ3) is 38.1. The van der Waals surface area contributed by atoms with Gasteiger partial charge in [0.25, 0.3) is 0 Å². The average molecular weight is 743 g/mol. The van der Waals surface area contributed by atoms with Crippen LogP contribution in [0.1, 0.15) is 206 Å². The largest absolute Gasteiger partial charge is 0.472 e. The summed E-state index contributed by atoms with van der Waals surface area (Å²) in [5.74, 6) is -0.803. The first kappa shape index (κ1) is 49.5. The number of allylic oxidation sites excluding steroid dienone is 4. The van der Waals surface area contributed by atoms with E-state index >= 15 is 0 Å². The third-order valence-electron chi connectivity index (χ3n) is 9.20. The van der Waals surface area contributed by atoms with Gasteiger partial charge < -0.3 is 14.4 Å². The van der Waals surface area contributed by atoms with Gasteiger partial charge in [0.15, 0.2) is 6.10 Å². The van der Waals surface area contributed by atoms with E-state index < -0.39 is 26.5 Å². The van der Waals surface area contributed by atoms with Crippen LogP contribution in [-0.2, 0) is 32.7 Å². The Bertz CT molecular complexity index is 890. The molecule has 0 rings (SSSR count). The van der Waals surface area contributed by atoms with Crippen molar-refractivity contribution >= 4 is 19.8 Å². The van der Waals surface area contributed by atoms with Crippen molar-refractivity contribution < 1.29 is 37.6 Å². The van der Waals surface area contributed by atoms with E-state index in [4.69, 9.17) is 14.0 Å². The summed E-state index contributed by atoms with van der Waals surface area (Å²) in [5.41, 5.74) is 0. The van der Waals surface area contributed by atoms with Gasteiger partial charge in [-0.2, -0.15) is 0 Å². The number of carbonyl (C=O) groups is 2. The number of phosphoric ester groups is 1. The fourth-order valence-electron chi connectivity index (χ4n) is 5.92. The Morgan fingerprint density at radius 1 is 0.549 bits per heavy atom. The molecule has 8 nitrogen and oxygen atoms in total. The second kappa shape index (κ2) is 38.3. The van der Waals surface area contributed by atoms with Crippen LogP contribution >= 0.6 is 7.82 Å². The van der Waals surface area contributed by atoms with Gasteiger partial charge in [-0.15, -0.1) is 0 Å². The number of esters is 2. The first-order valence-electron chi connectivity index (χ1n) is 21.0. The van der Waals surface area contributed by atoms with E-state index in [1.54, 1.807) is 0 Å². The fourth-order valence-corrected chi connectivity index (χ4v) is 6.38. The Labute approximate surface area is 313 Å². The molecule has 0 aliphatic heterocycles. The van der Waals surface area contributed by atoms with Crippen molar-refractivity contribution in [3.05, 3.63) is 24.3 Å². The molecule has 1 N–H and O–H groups in total. The summed E-state index contributed by atoms with van der Waals surface area (Å²) in [6.45, 7) is 3.86. The van der Waals surface area contributed by atoms with E-state index in [0.717, 1.165) is 45.6 Å². The molecule has 300 valence electrons. The Morgan fingerprint density at radius 3 is 1.37 bits per heavy atom. The van der Waals surface area contributed by atoms with E-state index in [1.165, 1.54) is 135 Å². The van der Waals surface area contributed by atoms with Crippen molar-refractivity contribution in [2.24, 2.45) is 0 Å². The number of hydrogen-bond donors (Lipinski definition) is 1. The predicted octanol–water partition coefficient (Wildman–Crippen LogP) is 13.1. The molecule has 2 unspecified atom stereocenters. The predicted molar refractivity (Wildman–Crippen MR) is 212 cm³/mol. The quantitative estimate of drug-likeness (QED) is 0.0287. The van der Waals surface area contributed by atoms with Gasteiger partial charge in [-0.05, 0) is 44.9 Å². The van der Waals surface area contributed by atoms with E-state index in [0.29, 0.717) is 12.8 Å². The zero-order valence-electron chi connectivity index (χ0n) is 33.3. The minimum atomic E-state index is -4.25. The smallest absolute Gasteiger partial charge is 0.462 e. The summed E-state index contributed by atoms with van der Waals surface area (Å²) in [7, 11) is -3.19. The van der Waals surface area contributed by atoms with Crippen molar-refractivity contribution in [3.8, 4) is 0 Å². The van der Waals surface area contributed by atoms with Crippen LogP contribution in [0.15, 0.2) is 24.3 Å². The van der Waals surface area contributed by atoms with Crippen LogP contribution in [0.3, 0.4) is 0 Å². The first-order chi connectivity index (χ1) is 24.8. The molecule has 9 heteroatoms. The molecule has 0 saturated heterocycles. The second-order valence-electron chi connectivity index (χ2n) is 14.1. The van der Waals surface area contributed by atoms with Gasteiger partial charge in [-0.25, -0.2) is 4.57 Å².